The Balaban J connectivity index is 1.59. The lowest BCUT2D eigenvalue weighted by atomic mass is 9.84. The monoisotopic (exact) mass is 440 g/mol. The number of urea groups is 2. The van der Waals surface area contributed by atoms with Crippen LogP contribution in [0.4, 0.5) is 21.2 Å². The fraction of sp³-hybridized carbons (Fsp3) is 0.167. The highest BCUT2D eigenvalue weighted by molar-refractivity contribution is 6.25. The average molecular weight is 440 g/mol. The van der Waals surface area contributed by atoms with Crippen molar-refractivity contribution in [2.24, 2.45) is 10.2 Å². The molecule has 1 fully saturated rings. The summed E-state index contributed by atoms with van der Waals surface area (Å²) in [6.45, 7) is 0. The summed E-state index contributed by atoms with van der Waals surface area (Å²) in [5, 5.41) is 21.1. The highest BCUT2D eigenvalue weighted by Crippen LogP contribution is 2.33. The molecule has 1 unspecified atom stereocenters. The van der Waals surface area contributed by atoms with Gasteiger partial charge in [0.15, 0.2) is 11.6 Å². The van der Waals surface area contributed by atoms with Crippen LogP contribution in [0.5, 0.6) is 0 Å². The third kappa shape index (κ3) is 3.19. The number of amidine groups is 1. The second-order valence-electron chi connectivity index (χ2n) is 6.84. The van der Waals surface area contributed by atoms with Gasteiger partial charge in [-0.25, -0.2) is 15.0 Å². The van der Waals surface area contributed by atoms with Crippen LogP contribution < -0.4 is 16.2 Å². The molecular weight excluding hydrogens is 424 g/mol. The third-order valence-corrected chi connectivity index (χ3v) is 4.91. The molecule has 0 spiro atoms. The van der Waals surface area contributed by atoms with Gasteiger partial charge in [-0.3, -0.25) is 30.1 Å². The van der Waals surface area contributed by atoms with Gasteiger partial charge in [-0.05, 0) is 23.8 Å². The van der Waals surface area contributed by atoms with Gasteiger partial charge < -0.3 is 9.73 Å². The van der Waals surface area contributed by atoms with Crippen molar-refractivity contribution in [1.29, 1.82) is 0 Å². The predicted molar refractivity (Wildman–Crippen MR) is 110 cm³/mol. The van der Waals surface area contributed by atoms with Crippen LogP contribution >= 0.6 is 0 Å². The minimum Gasteiger partial charge on any atom is -0.400 e. The normalized spacial score (nSPS) is 20.6. The summed E-state index contributed by atoms with van der Waals surface area (Å²) in [6.07, 6.45) is 1.26. The minimum atomic E-state index is -1.69. The zero-order valence-corrected chi connectivity index (χ0v) is 16.7. The van der Waals surface area contributed by atoms with E-state index in [2.05, 4.69) is 26.4 Å². The molecule has 1 aromatic heterocycles. The molecule has 1 aromatic carbocycles. The number of fused-ring (bicyclic) bond motifs is 1. The van der Waals surface area contributed by atoms with E-state index in [1.807, 2.05) is 0 Å². The quantitative estimate of drug-likeness (QED) is 0.353. The predicted octanol–water partition coefficient (Wildman–Crippen LogP) is 0.979. The maximum Gasteiger partial charge on any atom is 0.433 e. The molecule has 0 radical (unpaired) electrons. The Morgan fingerprint density at radius 1 is 1.16 bits per heavy atom. The fourth-order valence-electron chi connectivity index (χ4n) is 3.37. The molecule has 0 saturated carbocycles. The lowest BCUT2D eigenvalue weighted by Crippen LogP contribution is -2.74. The van der Waals surface area contributed by atoms with Crippen molar-refractivity contribution in [1.82, 2.24) is 20.5 Å². The van der Waals surface area contributed by atoms with Gasteiger partial charge in [-0.15, -0.1) is 0 Å². The number of nitrogens with zero attached hydrogens (tertiary/aromatic N) is 5. The van der Waals surface area contributed by atoms with Gasteiger partial charge in [0.05, 0.1) is 18.0 Å². The number of amides is 5. The molecule has 3 N–H and O–H groups in total. The van der Waals surface area contributed by atoms with E-state index < -0.39 is 34.3 Å². The summed E-state index contributed by atoms with van der Waals surface area (Å²) < 4.78 is 4.97. The van der Waals surface area contributed by atoms with E-state index in [1.54, 1.807) is 24.3 Å². The average Bonchev–Trinajstić information content (AvgIpc) is 3.26. The molecule has 14 nitrogen and oxygen atoms in total. The number of hydrogen-bond donors (Lipinski definition) is 3. The molecule has 2 aliphatic rings. The molecular formula is C18H16N8O6. The number of furan rings is 1. The molecule has 32 heavy (non-hydrogen) atoms. The van der Waals surface area contributed by atoms with Gasteiger partial charge in [0.2, 0.25) is 5.54 Å². The second kappa shape index (κ2) is 7.50. The van der Waals surface area contributed by atoms with Crippen molar-refractivity contribution in [2.45, 2.75) is 5.54 Å². The number of carbonyl (C=O) groups excluding carboxylic acids is 3. The topological polar surface area (TPSA) is 175 Å². The largest absolute Gasteiger partial charge is 0.433 e. The Labute approximate surface area is 179 Å². The van der Waals surface area contributed by atoms with Crippen LogP contribution in [-0.2, 0) is 10.3 Å². The molecule has 3 heterocycles. The van der Waals surface area contributed by atoms with Crippen molar-refractivity contribution >= 4 is 41.6 Å². The van der Waals surface area contributed by atoms with Crippen molar-refractivity contribution in [3.05, 3.63) is 57.8 Å². The van der Waals surface area contributed by atoms with E-state index in [-0.39, 0.29) is 11.6 Å². The van der Waals surface area contributed by atoms with Crippen LogP contribution in [0.2, 0.25) is 0 Å². The van der Waals surface area contributed by atoms with E-state index in [1.165, 1.54) is 37.3 Å². The summed E-state index contributed by atoms with van der Waals surface area (Å²) in [5.74, 6) is -0.848. The number of hydrazone groups is 2. The first kappa shape index (κ1) is 20.5. The van der Waals surface area contributed by atoms with Gasteiger partial charge >= 0.3 is 17.9 Å². The van der Waals surface area contributed by atoms with Gasteiger partial charge in [-0.1, -0.05) is 12.1 Å². The number of carbonyl (C=O) groups is 3. The first-order valence-corrected chi connectivity index (χ1v) is 9.10. The van der Waals surface area contributed by atoms with Crippen LogP contribution in [0, 0.1) is 10.1 Å². The Morgan fingerprint density at radius 2 is 1.88 bits per heavy atom. The van der Waals surface area contributed by atoms with Gasteiger partial charge in [0.25, 0.3) is 5.91 Å². The fourth-order valence-corrected chi connectivity index (χ4v) is 3.37. The summed E-state index contributed by atoms with van der Waals surface area (Å²) in [4.78, 5) is 49.5. The van der Waals surface area contributed by atoms with Crippen LogP contribution in [0.3, 0.4) is 0 Å². The molecule has 0 bridgehead atoms. The molecule has 0 aliphatic carbocycles. The summed E-state index contributed by atoms with van der Waals surface area (Å²) >= 11 is 0. The maximum atomic E-state index is 13.1. The highest BCUT2D eigenvalue weighted by atomic mass is 16.6. The second-order valence-corrected chi connectivity index (χ2v) is 6.84. The van der Waals surface area contributed by atoms with Crippen molar-refractivity contribution in [3.63, 3.8) is 0 Å². The van der Waals surface area contributed by atoms with Gasteiger partial charge in [0.1, 0.15) is 4.92 Å². The maximum absolute atomic E-state index is 13.1. The van der Waals surface area contributed by atoms with Crippen LogP contribution in [0.15, 0.2) is 51.0 Å². The number of imide groups is 1. The summed E-state index contributed by atoms with van der Waals surface area (Å²) in [7, 11) is 2.76. The number of rotatable bonds is 5. The van der Waals surface area contributed by atoms with Crippen molar-refractivity contribution in [2.75, 3.05) is 19.5 Å². The molecule has 5 amide bonds. The number of hydrogen-bond acceptors (Lipinski definition) is 9. The summed E-state index contributed by atoms with van der Waals surface area (Å²) in [6, 6.07) is 7.67. The Bertz CT molecular complexity index is 1190. The Morgan fingerprint density at radius 3 is 2.53 bits per heavy atom. The SMILES string of the molecule is CN1C(=O)N(C)C2=NNC(=O)NC2(c2ccc(N/N=C/c3ccc([N+](=O)[O-])o3)cc2)C1=O. The van der Waals surface area contributed by atoms with Gasteiger partial charge in [-0.2, -0.15) is 10.2 Å². The lowest BCUT2D eigenvalue weighted by molar-refractivity contribution is -0.402. The Hall–Kier alpha value is -4.75. The Kier molecular flexibility index (Phi) is 4.81. The van der Waals surface area contributed by atoms with Crippen LogP contribution in [0.1, 0.15) is 11.3 Å². The van der Waals surface area contributed by atoms with Crippen molar-refractivity contribution < 1.29 is 23.7 Å². The van der Waals surface area contributed by atoms with Gasteiger partial charge in [0, 0.05) is 14.1 Å². The zero-order chi connectivity index (χ0) is 23.0. The number of nitrogens with one attached hydrogen (secondary N) is 3. The lowest BCUT2D eigenvalue weighted by Gasteiger charge is -2.45. The van der Waals surface area contributed by atoms with E-state index in [9.17, 15) is 24.5 Å². The molecule has 1 atom stereocenters. The molecule has 2 aliphatic heterocycles. The molecule has 1 saturated heterocycles. The third-order valence-electron chi connectivity index (χ3n) is 4.91. The van der Waals surface area contributed by atoms with Crippen LogP contribution in [0.25, 0.3) is 0 Å². The van der Waals surface area contributed by atoms with E-state index in [0.717, 1.165) is 4.90 Å². The first-order chi connectivity index (χ1) is 15.2. The molecule has 2 aromatic rings. The molecule has 14 heteroatoms. The number of anilines is 1. The van der Waals surface area contributed by atoms with Crippen LogP contribution in [-0.4, -0.2) is 58.8 Å². The smallest absolute Gasteiger partial charge is 0.400 e. The van der Waals surface area contributed by atoms with E-state index in [0.29, 0.717) is 11.3 Å². The zero-order valence-electron chi connectivity index (χ0n) is 16.7. The molecule has 164 valence electrons. The number of nitro groups is 1. The van der Waals surface area contributed by atoms with E-state index >= 15 is 0 Å². The summed E-state index contributed by atoms with van der Waals surface area (Å²) in [5.41, 5.74) is 4.15. The van der Waals surface area contributed by atoms with E-state index in [4.69, 9.17) is 4.42 Å². The van der Waals surface area contributed by atoms with Crippen molar-refractivity contribution in [3.8, 4) is 0 Å². The molecule has 4 rings (SSSR count). The first-order valence-electron chi connectivity index (χ1n) is 9.10. The highest BCUT2D eigenvalue weighted by Gasteiger charge is 2.57. The standard InChI is InChI=1S/C18H16N8O6/c1-24-14-18(20-16(28)23-22-14,15(27)25(2)17(24)29)10-3-5-11(6-4-10)21-19-9-12-7-8-13(32-12)26(30)31/h3-9,21H,1-2H3,(H2,20,23,28)/b19-9+. The number of likely N-dealkylation sites (N-methyl/N-ethyl adjacent to an activating group) is 2. The number of benzene rings is 1. The minimum absolute atomic E-state index is 0.0309.